The fraction of sp³-hybridized carbons (Fsp3) is 0.333. The molecular formula is C15H18FN3O. The minimum atomic E-state index is -0.304. The minimum Gasteiger partial charge on any atom is -0.347 e. The Balaban J connectivity index is 2.32. The van der Waals surface area contributed by atoms with E-state index in [2.05, 4.69) is 10.4 Å². The van der Waals surface area contributed by atoms with Crippen molar-refractivity contribution >= 4 is 5.91 Å². The molecule has 0 saturated carbocycles. The van der Waals surface area contributed by atoms with E-state index in [0.29, 0.717) is 5.56 Å². The summed E-state index contributed by atoms with van der Waals surface area (Å²) in [5.74, 6) is -0.465. The summed E-state index contributed by atoms with van der Waals surface area (Å²) in [5, 5.41) is 7.10. The van der Waals surface area contributed by atoms with Crippen molar-refractivity contribution in [1.29, 1.82) is 0 Å². The molecule has 0 atom stereocenters. The first kappa shape index (κ1) is 14.2. The lowest BCUT2D eigenvalue weighted by atomic mass is 10.1. The molecule has 0 radical (unpaired) electrons. The monoisotopic (exact) mass is 275 g/mol. The van der Waals surface area contributed by atoms with Crippen LogP contribution in [0.1, 0.15) is 36.8 Å². The second-order valence-corrected chi connectivity index (χ2v) is 5.74. The van der Waals surface area contributed by atoms with E-state index in [1.165, 1.54) is 18.3 Å². The molecule has 0 saturated heterocycles. The van der Waals surface area contributed by atoms with Gasteiger partial charge < -0.3 is 5.32 Å². The van der Waals surface area contributed by atoms with Gasteiger partial charge in [0.1, 0.15) is 5.82 Å². The van der Waals surface area contributed by atoms with E-state index < -0.39 is 0 Å². The molecule has 1 N–H and O–H groups in total. The van der Waals surface area contributed by atoms with Gasteiger partial charge in [-0.25, -0.2) is 9.07 Å². The molecule has 5 heteroatoms. The van der Waals surface area contributed by atoms with E-state index in [4.69, 9.17) is 0 Å². The van der Waals surface area contributed by atoms with Crippen LogP contribution in [0.15, 0.2) is 30.5 Å². The maximum Gasteiger partial charge on any atom is 0.255 e. The Kier molecular flexibility index (Phi) is 3.61. The van der Waals surface area contributed by atoms with Gasteiger partial charge in [0, 0.05) is 5.54 Å². The lowest BCUT2D eigenvalue weighted by Gasteiger charge is -2.20. The van der Waals surface area contributed by atoms with Crippen LogP contribution in [0.5, 0.6) is 0 Å². The second-order valence-electron chi connectivity index (χ2n) is 5.74. The van der Waals surface area contributed by atoms with Crippen molar-refractivity contribution in [2.45, 2.75) is 33.2 Å². The van der Waals surface area contributed by atoms with Crippen molar-refractivity contribution in [3.05, 3.63) is 47.5 Å². The number of nitrogens with one attached hydrogen (secondary N) is 1. The van der Waals surface area contributed by atoms with Gasteiger partial charge in [-0.3, -0.25) is 4.79 Å². The zero-order valence-corrected chi connectivity index (χ0v) is 12.1. The molecule has 2 aromatic rings. The minimum absolute atomic E-state index is 0.164. The average Bonchev–Trinajstić information content (AvgIpc) is 2.70. The summed E-state index contributed by atoms with van der Waals surface area (Å²) < 4.78 is 14.6. The molecule has 20 heavy (non-hydrogen) atoms. The molecule has 0 spiro atoms. The third-order valence-electron chi connectivity index (χ3n) is 2.81. The molecule has 1 amide bonds. The van der Waals surface area contributed by atoms with Crippen molar-refractivity contribution < 1.29 is 9.18 Å². The Morgan fingerprint density at radius 3 is 2.40 bits per heavy atom. The van der Waals surface area contributed by atoms with E-state index in [0.717, 1.165) is 11.4 Å². The molecule has 0 bridgehead atoms. The van der Waals surface area contributed by atoms with Crippen molar-refractivity contribution in [2.75, 3.05) is 0 Å². The maximum absolute atomic E-state index is 12.9. The first-order chi connectivity index (χ1) is 9.28. The zero-order valence-electron chi connectivity index (χ0n) is 12.1. The number of carbonyl (C=O) groups is 1. The van der Waals surface area contributed by atoms with E-state index in [1.807, 2.05) is 27.7 Å². The summed E-state index contributed by atoms with van der Waals surface area (Å²) in [7, 11) is 0. The van der Waals surface area contributed by atoms with Crippen LogP contribution in [0.3, 0.4) is 0 Å². The lowest BCUT2D eigenvalue weighted by Crippen LogP contribution is -2.40. The summed E-state index contributed by atoms with van der Waals surface area (Å²) in [6.45, 7) is 7.58. The Bertz CT molecular complexity index is 624. The molecule has 4 nitrogen and oxygen atoms in total. The Morgan fingerprint density at radius 1 is 1.25 bits per heavy atom. The summed E-state index contributed by atoms with van der Waals surface area (Å²) in [5.41, 5.74) is 1.66. The third-order valence-corrected chi connectivity index (χ3v) is 2.81. The zero-order chi connectivity index (χ0) is 14.9. The summed E-state index contributed by atoms with van der Waals surface area (Å²) in [6.07, 6.45) is 1.53. The van der Waals surface area contributed by atoms with Crippen LogP contribution >= 0.6 is 0 Å². The van der Waals surface area contributed by atoms with Crippen LogP contribution in [0.25, 0.3) is 5.69 Å². The number of hydrogen-bond acceptors (Lipinski definition) is 2. The smallest absolute Gasteiger partial charge is 0.255 e. The Labute approximate surface area is 117 Å². The van der Waals surface area contributed by atoms with E-state index in [9.17, 15) is 9.18 Å². The first-order valence-electron chi connectivity index (χ1n) is 6.41. The number of carbonyl (C=O) groups excluding carboxylic acids is 1. The van der Waals surface area contributed by atoms with Gasteiger partial charge in [0.15, 0.2) is 0 Å². The largest absolute Gasteiger partial charge is 0.347 e. The van der Waals surface area contributed by atoms with Crippen LogP contribution in [0.4, 0.5) is 4.39 Å². The predicted molar refractivity (Wildman–Crippen MR) is 75.5 cm³/mol. The predicted octanol–water partition coefficient (Wildman–Crippen LogP) is 2.85. The van der Waals surface area contributed by atoms with Crippen molar-refractivity contribution in [3.63, 3.8) is 0 Å². The number of rotatable bonds is 2. The van der Waals surface area contributed by atoms with Gasteiger partial charge in [-0.05, 0) is 52.0 Å². The molecular weight excluding hydrogens is 257 g/mol. The van der Waals surface area contributed by atoms with Gasteiger partial charge in [-0.2, -0.15) is 5.10 Å². The number of benzene rings is 1. The van der Waals surface area contributed by atoms with Gasteiger partial charge in [0.2, 0.25) is 0 Å². The molecule has 1 aromatic heterocycles. The number of halogens is 1. The van der Waals surface area contributed by atoms with Crippen molar-refractivity contribution in [3.8, 4) is 5.69 Å². The number of hydrogen-bond donors (Lipinski definition) is 1. The summed E-state index contributed by atoms with van der Waals surface area (Å²) in [6, 6.07) is 5.98. The van der Waals surface area contributed by atoms with Gasteiger partial charge in [0.05, 0.1) is 23.1 Å². The average molecular weight is 275 g/mol. The molecule has 1 aromatic carbocycles. The first-order valence-corrected chi connectivity index (χ1v) is 6.41. The fourth-order valence-corrected chi connectivity index (χ4v) is 1.88. The summed E-state index contributed by atoms with van der Waals surface area (Å²) >= 11 is 0. The van der Waals surface area contributed by atoms with Gasteiger partial charge in [-0.15, -0.1) is 0 Å². The van der Waals surface area contributed by atoms with E-state index >= 15 is 0 Å². The highest BCUT2D eigenvalue weighted by Gasteiger charge is 2.19. The topological polar surface area (TPSA) is 46.9 Å². The van der Waals surface area contributed by atoms with Crippen LogP contribution in [-0.4, -0.2) is 21.2 Å². The molecule has 0 aliphatic rings. The van der Waals surface area contributed by atoms with Gasteiger partial charge in [0.25, 0.3) is 5.91 Å². The highest BCUT2D eigenvalue weighted by molar-refractivity contribution is 5.95. The Hall–Kier alpha value is -2.17. The van der Waals surface area contributed by atoms with Crippen LogP contribution < -0.4 is 5.32 Å². The standard InChI is InChI=1S/C15H18FN3O/c1-10-13(14(20)18-15(2,3)4)9-17-19(10)12-7-5-11(16)6-8-12/h5-9H,1-4H3,(H,18,20). The van der Waals surface area contributed by atoms with Gasteiger partial charge >= 0.3 is 0 Å². The van der Waals surface area contributed by atoms with E-state index in [1.54, 1.807) is 16.8 Å². The van der Waals surface area contributed by atoms with Crippen molar-refractivity contribution in [1.82, 2.24) is 15.1 Å². The molecule has 2 rings (SSSR count). The highest BCUT2D eigenvalue weighted by Crippen LogP contribution is 2.15. The van der Waals surface area contributed by atoms with Crippen LogP contribution in [0.2, 0.25) is 0 Å². The second kappa shape index (κ2) is 5.07. The number of nitrogens with zero attached hydrogens (tertiary/aromatic N) is 2. The fourth-order valence-electron chi connectivity index (χ4n) is 1.88. The number of aromatic nitrogens is 2. The molecule has 106 valence electrons. The quantitative estimate of drug-likeness (QED) is 0.916. The van der Waals surface area contributed by atoms with Crippen molar-refractivity contribution in [2.24, 2.45) is 0 Å². The van der Waals surface area contributed by atoms with Gasteiger partial charge in [-0.1, -0.05) is 0 Å². The number of amides is 1. The lowest BCUT2D eigenvalue weighted by molar-refractivity contribution is 0.0919. The Morgan fingerprint density at radius 2 is 1.85 bits per heavy atom. The molecule has 0 aliphatic carbocycles. The third kappa shape index (κ3) is 3.04. The molecule has 0 aliphatic heterocycles. The van der Waals surface area contributed by atoms with Crippen LogP contribution in [0, 0.1) is 12.7 Å². The SMILES string of the molecule is Cc1c(C(=O)NC(C)(C)C)cnn1-c1ccc(F)cc1. The molecule has 0 unspecified atom stereocenters. The molecule has 1 heterocycles. The summed E-state index contributed by atoms with van der Waals surface area (Å²) in [4.78, 5) is 12.2. The normalized spacial score (nSPS) is 11.4. The maximum atomic E-state index is 12.9. The van der Waals surface area contributed by atoms with Crippen LogP contribution in [-0.2, 0) is 0 Å². The van der Waals surface area contributed by atoms with E-state index in [-0.39, 0.29) is 17.3 Å². The molecule has 0 fully saturated rings. The highest BCUT2D eigenvalue weighted by atomic mass is 19.1.